The lowest BCUT2D eigenvalue weighted by Gasteiger charge is -2.16. The first-order chi connectivity index (χ1) is 13.1. The van der Waals surface area contributed by atoms with E-state index in [9.17, 15) is 4.79 Å². The molecule has 7 heteroatoms. The van der Waals surface area contributed by atoms with E-state index in [0.29, 0.717) is 13.2 Å². The van der Waals surface area contributed by atoms with Crippen molar-refractivity contribution in [2.45, 2.75) is 19.9 Å². The topological polar surface area (TPSA) is 81.1 Å². The van der Waals surface area contributed by atoms with Crippen molar-refractivity contribution < 1.29 is 9.53 Å². The van der Waals surface area contributed by atoms with Crippen LogP contribution in [0.1, 0.15) is 24.1 Å². The Kier molecular flexibility index (Phi) is 6.04. The molecule has 1 unspecified atom stereocenters. The molecule has 0 spiro atoms. The first-order valence-electron chi connectivity index (χ1n) is 8.80. The van der Waals surface area contributed by atoms with Gasteiger partial charge < -0.3 is 15.4 Å². The standard InChI is InChI=1S/C20H23N5O2/c1-15-4-3-5-19(12-15)27-11-10-22-20(26)24-16(2)17-6-8-18(9-7-17)25-14-21-13-23-25/h3-9,12-14,16H,10-11H2,1-2H3,(H2,22,24,26). The number of urea groups is 1. The van der Waals surface area contributed by atoms with Crippen LogP contribution in [0.15, 0.2) is 61.2 Å². The molecule has 0 aliphatic carbocycles. The molecule has 0 fully saturated rings. The van der Waals surface area contributed by atoms with Crippen molar-refractivity contribution in [3.63, 3.8) is 0 Å². The number of carbonyl (C=O) groups is 1. The number of nitrogens with zero attached hydrogens (tertiary/aromatic N) is 3. The number of aryl methyl sites for hydroxylation is 1. The molecule has 1 heterocycles. The molecule has 1 aromatic heterocycles. The summed E-state index contributed by atoms with van der Waals surface area (Å²) >= 11 is 0. The summed E-state index contributed by atoms with van der Waals surface area (Å²) in [5.41, 5.74) is 3.06. The highest BCUT2D eigenvalue weighted by molar-refractivity contribution is 5.74. The molecule has 3 aromatic rings. The van der Waals surface area contributed by atoms with Crippen LogP contribution in [0, 0.1) is 6.92 Å². The highest BCUT2D eigenvalue weighted by Crippen LogP contribution is 2.15. The molecule has 140 valence electrons. The van der Waals surface area contributed by atoms with Gasteiger partial charge in [-0.3, -0.25) is 0 Å². The second kappa shape index (κ2) is 8.84. The van der Waals surface area contributed by atoms with Gasteiger partial charge in [-0.15, -0.1) is 0 Å². The third kappa shape index (κ3) is 5.31. The average Bonchev–Trinajstić information content (AvgIpc) is 3.20. The van der Waals surface area contributed by atoms with Crippen LogP contribution in [0.4, 0.5) is 4.79 Å². The Bertz CT molecular complexity index is 862. The van der Waals surface area contributed by atoms with E-state index in [1.807, 2.05) is 62.4 Å². The average molecular weight is 365 g/mol. The summed E-state index contributed by atoms with van der Waals surface area (Å²) in [6, 6.07) is 15.3. The van der Waals surface area contributed by atoms with Crippen molar-refractivity contribution in [2.75, 3.05) is 13.2 Å². The summed E-state index contributed by atoms with van der Waals surface area (Å²) < 4.78 is 7.30. The Balaban J connectivity index is 1.42. The maximum absolute atomic E-state index is 12.0. The number of aromatic nitrogens is 3. The molecule has 27 heavy (non-hydrogen) atoms. The van der Waals surface area contributed by atoms with Gasteiger partial charge in [0.25, 0.3) is 0 Å². The normalized spacial score (nSPS) is 11.6. The van der Waals surface area contributed by atoms with E-state index in [1.54, 1.807) is 11.0 Å². The first-order valence-corrected chi connectivity index (χ1v) is 8.80. The highest BCUT2D eigenvalue weighted by atomic mass is 16.5. The summed E-state index contributed by atoms with van der Waals surface area (Å²) in [6.45, 7) is 4.79. The number of rotatable bonds is 7. The van der Waals surface area contributed by atoms with Crippen LogP contribution in [-0.4, -0.2) is 33.9 Å². The molecule has 2 amide bonds. The first kappa shape index (κ1) is 18.4. The molecule has 7 nitrogen and oxygen atoms in total. The number of ether oxygens (including phenoxy) is 1. The zero-order chi connectivity index (χ0) is 19.1. The minimum atomic E-state index is -0.226. The van der Waals surface area contributed by atoms with E-state index in [4.69, 9.17) is 4.74 Å². The monoisotopic (exact) mass is 365 g/mol. The van der Waals surface area contributed by atoms with Crippen LogP contribution < -0.4 is 15.4 Å². The molecule has 1 atom stereocenters. The van der Waals surface area contributed by atoms with Crippen molar-refractivity contribution in [3.8, 4) is 11.4 Å². The van der Waals surface area contributed by atoms with Gasteiger partial charge in [0.1, 0.15) is 25.0 Å². The molecule has 3 rings (SSSR count). The Hall–Kier alpha value is -3.35. The third-order valence-corrected chi connectivity index (χ3v) is 4.07. The number of hydrogen-bond donors (Lipinski definition) is 2. The van der Waals surface area contributed by atoms with Gasteiger partial charge in [0.15, 0.2) is 0 Å². The zero-order valence-corrected chi connectivity index (χ0v) is 15.4. The molecule has 2 N–H and O–H groups in total. The van der Waals surface area contributed by atoms with Gasteiger partial charge >= 0.3 is 6.03 Å². The van der Waals surface area contributed by atoms with Crippen LogP contribution in [0.25, 0.3) is 5.69 Å². The second-order valence-electron chi connectivity index (χ2n) is 6.22. The molecule has 0 saturated heterocycles. The Labute approximate surface area is 158 Å². The number of hydrogen-bond acceptors (Lipinski definition) is 4. The predicted molar refractivity (Wildman–Crippen MR) is 103 cm³/mol. The van der Waals surface area contributed by atoms with Crippen LogP contribution in [0.2, 0.25) is 0 Å². The Morgan fingerprint density at radius 1 is 1.22 bits per heavy atom. The quantitative estimate of drug-likeness (QED) is 0.631. The van der Waals surface area contributed by atoms with Crippen molar-refractivity contribution >= 4 is 6.03 Å². The van der Waals surface area contributed by atoms with Gasteiger partial charge in [-0.1, -0.05) is 24.3 Å². The van der Waals surface area contributed by atoms with E-state index in [2.05, 4.69) is 20.7 Å². The third-order valence-electron chi connectivity index (χ3n) is 4.07. The minimum Gasteiger partial charge on any atom is -0.492 e. The van der Waals surface area contributed by atoms with E-state index < -0.39 is 0 Å². The largest absolute Gasteiger partial charge is 0.492 e. The lowest BCUT2D eigenvalue weighted by Crippen LogP contribution is -2.38. The molecule has 0 aliphatic rings. The molecule has 0 radical (unpaired) electrons. The van der Waals surface area contributed by atoms with E-state index in [1.165, 1.54) is 6.33 Å². The lowest BCUT2D eigenvalue weighted by atomic mass is 10.1. The van der Waals surface area contributed by atoms with Crippen molar-refractivity contribution in [3.05, 3.63) is 72.3 Å². The van der Waals surface area contributed by atoms with Gasteiger partial charge in [-0.2, -0.15) is 5.10 Å². The molecule has 2 aromatic carbocycles. The second-order valence-corrected chi connectivity index (χ2v) is 6.22. The molecule has 0 saturated carbocycles. The lowest BCUT2D eigenvalue weighted by molar-refractivity contribution is 0.233. The van der Waals surface area contributed by atoms with Gasteiger partial charge in [-0.25, -0.2) is 14.5 Å². The maximum Gasteiger partial charge on any atom is 0.315 e. The predicted octanol–water partition coefficient (Wildman–Crippen LogP) is 3.01. The van der Waals surface area contributed by atoms with E-state index in [-0.39, 0.29) is 12.1 Å². The van der Waals surface area contributed by atoms with Gasteiger partial charge in [0, 0.05) is 0 Å². The highest BCUT2D eigenvalue weighted by Gasteiger charge is 2.09. The van der Waals surface area contributed by atoms with Gasteiger partial charge in [-0.05, 0) is 49.2 Å². The van der Waals surface area contributed by atoms with Crippen molar-refractivity contribution in [1.29, 1.82) is 0 Å². The Morgan fingerprint density at radius 2 is 2.04 bits per heavy atom. The Morgan fingerprint density at radius 3 is 2.74 bits per heavy atom. The molecule has 0 bridgehead atoms. The van der Waals surface area contributed by atoms with Gasteiger partial charge in [0.05, 0.1) is 18.3 Å². The van der Waals surface area contributed by atoms with Crippen LogP contribution in [0.3, 0.4) is 0 Å². The number of nitrogens with one attached hydrogen (secondary N) is 2. The summed E-state index contributed by atoms with van der Waals surface area (Å²) in [6.07, 6.45) is 3.13. The number of amides is 2. The molecular formula is C20H23N5O2. The zero-order valence-electron chi connectivity index (χ0n) is 15.4. The fourth-order valence-corrected chi connectivity index (χ4v) is 2.63. The van der Waals surface area contributed by atoms with Crippen LogP contribution >= 0.6 is 0 Å². The maximum atomic E-state index is 12.0. The van der Waals surface area contributed by atoms with Crippen LogP contribution in [-0.2, 0) is 0 Å². The summed E-state index contributed by atoms with van der Waals surface area (Å²) in [5.74, 6) is 0.804. The summed E-state index contributed by atoms with van der Waals surface area (Å²) in [7, 11) is 0. The SMILES string of the molecule is Cc1cccc(OCCNC(=O)NC(C)c2ccc(-n3cncn3)cc2)c1. The van der Waals surface area contributed by atoms with Crippen molar-refractivity contribution in [1.82, 2.24) is 25.4 Å². The van der Waals surface area contributed by atoms with Crippen molar-refractivity contribution in [2.24, 2.45) is 0 Å². The molecule has 0 aliphatic heterocycles. The smallest absolute Gasteiger partial charge is 0.315 e. The number of carbonyl (C=O) groups excluding carboxylic acids is 1. The molecular weight excluding hydrogens is 342 g/mol. The number of benzene rings is 2. The van der Waals surface area contributed by atoms with Gasteiger partial charge in [0.2, 0.25) is 0 Å². The van der Waals surface area contributed by atoms with Crippen LogP contribution in [0.5, 0.6) is 5.75 Å². The summed E-state index contributed by atoms with van der Waals surface area (Å²) in [5, 5.41) is 9.81. The van der Waals surface area contributed by atoms with E-state index >= 15 is 0 Å². The minimum absolute atomic E-state index is 0.118. The fourth-order valence-electron chi connectivity index (χ4n) is 2.63. The summed E-state index contributed by atoms with van der Waals surface area (Å²) in [4.78, 5) is 16.0. The fraction of sp³-hybridized carbons (Fsp3) is 0.250. The van der Waals surface area contributed by atoms with E-state index in [0.717, 1.165) is 22.6 Å².